The molecule has 0 bridgehead atoms. The monoisotopic (exact) mass is 291 g/mol. The summed E-state index contributed by atoms with van der Waals surface area (Å²) in [6.07, 6.45) is 2.20. The maximum absolute atomic E-state index is 11.4. The van der Waals surface area contributed by atoms with E-state index in [9.17, 15) is 9.90 Å². The third-order valence-corrected chi connectivity index (χ3v) is 3.95. The van der Waals surface area contributed by atoms with Crippen LogP contribution in [0.1, 0.15) is 30.0 Å². The van der Waals surface area contributed by atoms with Gasteiger partial charge >= 0.3 is 0 Å². The number of phenols is 1. The van der Waals surface area contributed by atoms with Crippen LogP contribution in [0.15, 0.2) is 54.1 Å². The average molecular weight is 291 g/mol. The lowest BCUT2D eigenvalue weighted by Crippen LogP contribution is -2.10. The summed E-state index contributed by atoms with van der Waals surface area (Å²) in [6, 6.07) is 15.4. The van der Waals surface area contributed by atoms with E-state index in [0.29, 0.717) is 0 Å². The zero-order valence-corrected chi connectivity index (χ0v) is 12.3. The Labute approximate surface area is 129 Å². The number of nitrogens with two attached hydrogens (primary N) is 1. The van der Waals surface area contributed by atoms with Crippen molar-refractivity contribution in [2.24, 2.45) is 5.73 Å². The predicted molar refractivity (Wildman–Crippen MR) is 88.8 cm³/mol. The molecule has 2 aromatic carbocycles. The second-order valence-electron chi connectivity index (χ2n) is 5.42. The molecule has 0 spiro atoms. The largest absolute Gasteiger partial charge is 0.507 e. The van der Waals surface area contributed by atoms with E-state index in [2.05, 4.69) is 6.08 Å². The van der Waals surface area contributed by atoms with E-state index in [1.807, 2.05) is 49.4 Å². The number of hydrogen-bond donors (Lipinski definition) is 2. The summed E-state index contributed by atoms with van der Waals surface area (Å²) in [5.41, 5.74) is 10.9. The van der Waals surface area contributed by atoms with Crippen LogP contribution >= 0.6 is 0 Å². The Balaban J connectivity index is 2.20. The number of allylic oxidation sites excluding steroid dienone is 2. The lowest BCUT2D eigenvalue weighted by molar-refractivity contribution is -0.117. The van der Waals surface area contributed by atoms with Crippen LogP contribution in [0.4, 0.5) is 0 Å². The maximum atomic E-state index is 11.4. The van der Waals surface area contributed by atoms with Crippen LogP contribution in [0.3, 0.4) is 0 Å². The molecule has 0 atom stereocenters. The van der Waals surface area contributed by atoms with Crippen LogP contribution in [-0.2, 0) is 4.79 Å². The molecule has 1 amide bonds. The highest BCUT2D eigenvalue weighted by molar-refractivity contribution is 6.09. The number of fused-ring (bicyclic) bond motifs is 1. The molecule has 0 saturated heterocycles. The fourth-order valence-corrected chi connectivity index (χ4v) is 2.93. The average Bonchev–Trinajstić information content (AvgIpc) is 2.75. The van der Waals surface area contributed by atoms with E-state index in [-0.39, 0.29) is 12.2 Å². The molecule has 1 aliphatic rings. The zero-order valence-electron chi connectivity index (χ0n) is 12.3. The summed E-state index contributed by atoms with van der Waals surface area (Å²) in [5.74, 6) is -0.214. The molecular weight excluding hydrogens is 274 g/mol. The molecule has 3 rings (SSSR count). The first-order chi connectivity index (χ1) is 10.6. The molecule has 3 N–H and O–H groups in total. The summed E-state index contributed by atoms with van der Waals surface area (Å²) in [6.45, 7) is 1.96. The number of phenolic OH excluding ortho intramolecular Hbond substituents is 1. The van der Waals surface area contributed by atoms with Gasteiger partial charge in [0, 0.05) is 5.56 Å². The molecule has 0 saturated carbocycles. The Morgan fingerprint density at radius 1 is 1.14 bits per heavy atom. The first kappa shape index (κ1) is 14.1. The van der Waals surface area contributed by atoms with Gasteiger partial charge in [0.2, 0.25) is 5.91 Å². The molecule has 22 heavy (non-hydrogen) atoms. The number of amides is 1. The fourth-order valence-electron chi connectivity index (χ4n) is 2.93. The second-order valence-corrected chi connectivity index (χ2v) is 5.42. The SMILES string of the molecule is CC1=C(CC(N)=O)c2c(O)cccc2/C1=C\c1ccccc1. The predicted octanol–water partition coefficient (Wildman–Crippen LogP) is 3.60. The number of hydrogen-bond acceptors (Lipinski definition) is 2. The van der Waals surface area contributed by atoms with Crippen molar-refractivity contribution in [2.75, 3.05) is 0 Å². The number of carbonyl (C=O) groups is 1. The lowest BCUT2D eigenvalue weighted by atomic mass is 10.00. The van der Waals surface area contributed by atoms with Crippen LogP contribution in [0.25, 0.3) is 17.2 Å². The van der Waals surface area contributed by atoms with Gasteiger partial charge in [-0.05, 0) is 46.9 Å². The zero-order chi connectivity index (χ0) is 15.7. The van der Waals surface area contributed by atoms with E-state index < -0.39 is 5.91 Å². The van der Waals surface area contributed by atoms with Crippen molar-refractivity contribution < 1.29 is 9.90 Å². The van der Waals surface area contributed by atoms with Crippen molar-refractivity contribution in [3.05, 3.63) is 70.8 Å². The highest BCUT2D eigenvalue weighted by atomic mass is 16.3. The summed E-state index contributed by atoms with van der Waals surface area (Å²) in [4.78, 5) is 11.4. The number of rotatable bonds is 3. The topological polar surface area (TPSA) is 63.3 Å². The normalized spacial score (nSPS) is 15.2. The standard InChI is InChI=1S/C19H17NO2/c1-12-15(10-13-6-3-2-4-7-13)14-8-5-9-17(21)19(14)16(12)11-18(20)22/h2-10,21H,11H2,1H3,(H2,20,22)/b15-10-. The quantitative estimate of drug-likeness (QED) is 0.907. The lowest BCUT2D eigenvalue weighted by Gasteiger charge is -2.06. The van der Waals surface area contributed by atoms with Crippen molar-refractivity contribution >= 4 is 23.1 Å². The molecule has 0 unspecified atom stereocenters. The Hall–Kier alpha value is -2.81. The van der Waals surface area contributed by atoms with Gasteiger partial charge in [-0.2, -0.15) is 0 Å². The van der Waals surface area contributed by atoms with E-state index in [0.717, 1.165) is 33.4 Å². The third-order valence-electron chi connectivity index (χ3n) is 3.95. The Bertz CT molecular complexity index is 801. The van der Waals surface area contributed by atoms with Gasteiger partial charge in [0.05, 0.1) is 6.42 Å². The van der Waals surface area contributed by atoms with Crippen LogP contribution in [-0.4, -0.2) is 11.0 Å². The number of primary amides is 1. The van der Waals surface area contributed by atoms with Gasteiger partial charge in [-0.3, -0.25) is 4.79 Å². The van der Waals surface area contributed by atoms with Crippen molar-refractivity contribution in [3.8, 4) is 5.75 Å². The van der Waals surface area contributed by atoms with Gasteiger partial charge in [-0.15, -0.1) is 0 Å². The van der Waals surface area contributed by atoms with Gasteiger partial charge in [0.25, 0.3) is 0 Å². The minimum absolute atomic E-state index is 0.128. The maximum Gasteiger partial charge on any atom is 0.221 e. The van der Waals surface area contributed by atoms with Gasteiger partial charge in [-0.25, -0.2) is 0 Å². The summed E-state index contributed by atoms with van der Waals surface area (Å²) in [5, 5.41) is 10.2. The van der Waals surface area contributed by atoms with Gasteiger partial charge in [-0.1, -0.05) is 42.5 Å². The Kier molecular flexibility index (Phi) is 3.55. The summed E-state index contributed by atoms with van der Waals surface area (Å²) in [7, 11) is 0. The summed E-state index contributed by atoms with van der Waals surface area (Å²) >= 11 is 0. The van der Waals surface area contributed by atoms with Crippen LogP contribution in [0, 0.1) is 0 Å². The van der Waals surface area contributed by atoms with Crippen molar-refractivity contribution in [1.82, 2.24) is 0 Å². The van der Waals surface area contributed by atoms with Crippen LogP contribution < -0.4 is 5.73 Å². The van der Waals surface area contributed by atoms with E-state index in [1.165, 1.54) is 0 Å². The highest BCUT2D eigenvalue weighted by Crippen LogP contribution is 2.46. The molecule has 2 aromatic rings. The van der Waals surface area contributed by atoms with Gasteiger partial charge < -0.3 is 10.8 Å². The Morgan fingerprint density at radius 3 is 2.55 bits per heavy atom. The smallest absolute Gasteiger partial charge is 0.221 e. The van der Waals surface area contributed by atoms with Gasteiger partial charge in [0.1, 0.15) is 5.75 Å². The van der Waals surface area contributed by atoms with Crippen LogP contribution in [0.5, 0.6) is 5.75 Å². The molecule has 0 aromatic heterocycles. The molecule has 1 aliphatic carbocycles. The molecule has 3 heteroatoms. The fraction of sp³-hybridized carbons (Fsp3) is 0.105. The van der Waals surface area contributed by atoms with Crippen molar-refractivity contribution in [1.29, 1.82) is 0 Å². The highest BCUT2D eigenvalue weighted by Gasteiger charge is 2.27. The van der Waals surface area contributed by atoms with Crippen molar-refractivity contribution in [2.45, 2.75) is 13.3 Å². The number of carbonyl (C=O) groups excluding carboxylic acids is 1. The summed E-state index contributed by atoms with van der Waals surface area (Å²) < 4.78 is 0. The second kappa shape index (κ2) is 5.53. The minimum Gasteiger partial charge on any atom is -0.507 e. The van der Waals surface area contributed by atoms with E-state index in [1.54, 1.807) is 6.07 Å². The number of benzene rings is 2. The first-order valence-electron chi connectivity index (χ1n) is 7.16. The van der Waals surface area contributed by atoms with E-state index in [4.69, 9.17) is 5.73 Å². The molecular formula is C19H17NO2. The first-order valence-corrected chi connectivity index (χ1v) is 7.16. The molecule has 110 valence electrons. The third kappa shape index (κ3) is 2.42. The van der Waals surface area contributed by atoms with Crippen molar-refractivity contribution in [3.63, 3.8) is 0 Å². The Morgan fingerprint density at radius 2 is 1.86 bits per heavy atom. The minimum atomic E-state index is -0.399. The molecule has 0 aliphatic heterocycles. The molecule has 0 radical (unpaired) electrons. The molecule has 0 fully saturated rings. The van der Waals surface area contributed by atoms with E-state index >= 15 is 0 Å². The van der Waals surface area contributed by atoms with Gasteiger partial charge in [0.15, 0.2) is 0 Å². The van der Waals surface area contributed by atoms with Crippen LogP contribution in [0.2, 0.25) is 0 Å². The number of aromatic hydroxyl groups is 1. The molecule has 0 heterocycles. The molecule has 3 nitrogen and oxygen atoms in total.